The van der Waals surface area contributed by atoms with Crippen LogP contribution >= 0.6 is 11.6 Å². The molecule has 2 aliphatic heterocycles. The molecule has 1 atom stereocenters. The molecule has 0 bridgehead atoms. The minimum absolute atomic E-state index is 0.0374. The molecule has 24 heteroatoms. The molecule has 4 aromatic heterocycles. The first-order chi connectivity index (χ1) is 40.1. The number of hydrogen-bond acceptors (Lipinski definition) is 17. The maximum Gasteiger partial charge on any atom is 0.408 e. The lowest BCUT2D eigenvalue weighted by molar-refractivity contribution is -0.134. The Morgan fingerprint density at radius 1 is 0.795 bits per heavy atom. The minimum Gasteiger partial charge on any atom is -0.492 e. The van der Waals surface area contributed by atoms with Gasteiger partial charge >= 0.3 is 6.09 Å². The zero-order chi connectivity index (χ0) is 58.6. The number of pyridine rings is 1. The number of likely N-dealkylation sites (N-methyl/N-ethyl adjacent to an activating group) is 1. The van der Waals surface area contributed by atoms with Crippen LogP contribution in [0.3, 0.4) is 0 Å². The maximum absolute atomic E-state index is 14.7. The largest absolute Gasteiger partial charge is 0.492 e. The average Bonchev–Trinajstić information content (AvgIpc) is 4.36. The topological polar surface area (TPSA) is 245 Å². The number of rotatable bonds is 30. The summed E-state index contributed by atoms with van der Waals surface area (Å²) in [6.07, 6.45) is 5.90. The van der Waals surface area contributed by atoms with Crippen molar-refractivity contribution in [3.05, 3.63) is 107 Å². The van der Waals surface area contributed by atoms with E-state index in [0.717, 1.165) is 40.3 Å². The third-order valence-electron chi connectivity index (χ3n) is 14.4. The Morgan fingerprint density at radius 3 is 2.20 bits per heavy atom. The number of hydrogen-bond donors (Lipinski definition) is 4. The molecule has 0 unspecified atom stereocenters. The second kappa shape index (κ2) is 30.5. The molecule has 4 amide bonds. The number of alkyl carbamates (subject to hydrolysis) is 1. The summed E-state index contributed by atoms with van der Waals surface area (Å²) in [5.41, 5.74) is 2.19. The number of halogens is 1. The molecule has 0 spiro atoms. The number of aromatic amines is 1. The molecule has 0 saturated carbocycles. The summed E-state index contributed by atoms with van der Waals surface area (Å²) in [5, 5.41) is 10.6. The first-order valence-electron chi connectivity index (χ1n) is 28.5. The smallest absolute Gasteiger partial charge is 0.408 e. The van der Waals surface area contributed by atoms with E-state index in [4.69, 9.17) is 40.0 Å². The fraction of sp³-hybridized carbons (Fsp3) is 0.525. The van der Waals surface area contributed by atoms with Crippen molar-refractivity contribution in [1.29, 1.82) is 0 Å². The molecule has 2 aromatic carbocycles. The number of piperidine rings is 1. The van der Waals surface area contributed by atoms with Crippen molar-refractivity contribution in [2.75, 3.05) is 137 Å². The van der Waals surface area contributed by atoms with Gasteiger partial charge in [-0.3, -0.25) is 19.3 Å². The van der Waals surface area contributed by atoms with E-state index in [0.29, 0.717) is 160 Å². The van der Waals surface area contributed by atoms with E-state index in [9.17, 15) is 19.2 Å². The van der Waals surface area contributed by atoms with Gasteiger partial charge in [-0.25, -0.2) is 24.7 Å². The molecule has 23 nitrogen and oxygen atoms in total. The standard InChI is InChI=1S/C59H80ClN13O10/c1-58(2,3)83-57(77)68-59(19-24-72(25-20-59)53-46-16-21-61-52(46)63-41-64-53)56(76)67-47(43-10-12-45(60)13-11-43)17-23-70-26-28-71(29-27-70)51(74)18-31-78-34-36-80-38-39-81-37-35-79-32-22-62-55(75)49-15-14-48-54(66-49)73(42-65-48)40-44-8-6-7-9-50(44)82-33-30-69(4)5/h6-16,21,41-42,47H,17-20,22-40H2,1-5H3,(H,62,75)(H,67,76)(H,68,77)(H,61,63,64)/t47-/m0/s1. The number of benzene rings is 2. The van der Waals surface area contributed by atoms with Crippen LogP contribution in [0.2, 0.25) is 5.02 Å². The summed E-state index contributed by atoms with van der Waals surface area (Å²) < 4.78 is 36.3. The maximum atomic E-state index is 14.7. The van der Waals surface area contributed by atoms with Crippen LogP contribution < -0.4 is 25.6 Å². The molecule has 83 heavy (non-hydrogen) atoms. The van der Waals surface area contributed by atoms with Crippen LogP contribution in [0.4, 0.5) is 10.6 Å². The zero-order valence-corrected chi connectivity index (χ0v) is 49.2. The van der Waals surface area contributed by atoms with Crippen molar-refractivity contribution in [3.63, 3.8) is 0 Å². The Bertz CT molecular complexity index is 3030. The predicted octanol–water partition coefficient (Wildman–Crippen LogP) is 5.49. The zero-order valence-electron chi connectivity index (χ0n) is 48.4. The number of piperazine rings is 1. The summed E-state index contributed by atoms with van der Waals surface area (Å²) in [4.78, 5) is 83.6. The van der Waals surface area contributed by atoms with Crippen molar-refractivity contribution in [2.45, 2.75) is 70.2 Å². The third kappa shape index (κ3) is 18.5. The van der Waals surface area contributed by atoms with Crippen LogP contribution in [0.15, 0.2) is 85.6 Å². The van der Waals surface area contributed by atoms with Gasteiger partial charge < -0.3 is 68.6 Å². The van der Waals surface area contributed by atoms with Gasteiger partial charge in [0.1, 0.15) is 52.5 Å². The van der Waals surface area contributed by atoms with Crippen molar-refractivity contribution in [1.82, 2.24) is 60.1 Å². The summed E-state index contributed by atoms with van der Waals surface area (Å²) in [6.45, 7) is 14.5. The highest BCUT2D eigenvalue weighted by Crippen LogP contribution is 2.32. The van der Waals surface area contributed by atoms with Crippen LogP contribution in [0.1, 0.15) is 74.1 Å². The normalized spacial score (nSPS) is 15.2. The number of para-hydroxylation sites is 1. The summed E-state index contributed by atoms with van der Waals surface area (Å²) in [5.74, 6) is 1.01. The highest BCUT2D eigenvalue weighted by molar-refractivity contribution is 6.30. The van der Waals surface area contributed by atoms with E-state index in [1.54, 1.807) is 39.2 Å². The van der Waals surface area contributed by atoms with Crippen molar-refractivity contribution < 1.29 is 47.6 Å². The Labute approximate surface area is 490 Å². The monoisotopic (exact) mass is 1170 g/mol. The highest BCUT2D eigenvalue weighted by atomic mass is 35.5. The van der Waals surface area contributed by atoms with Gasteiger partial charge in [0.25, 0.3) is 5.91 Å². The molecule has 4 N–H and O–H groups in total. The second-order valence-corrected chi connectivity index (χ2v) is 22.3. The fourth-order valence-corrected chi connectivity index (χ4v) is 9.98. The summed E-state index contributed by atoms with van der Waals surface area (Å²) in [6, 6.07) is 20.3. The third-order valence-corrected chi connectivity index (χ3v) is 14.6. The Morgan fingerprint density at radius 2 is 1.49 bits per heavy atom. The van der Waals surface area contributed by atoms with E-state index >= 15 is 0 Å². The average molecular weight is 1170 g/mol. The minimum atomic E-state index is -1.25. The van der Waals surface area contributed by atoms with Gasteiger partial charge in [-0.2, -0.15) is 0 Å². The summed E-state index contributed by atoms with van der Waals surface area (Å²) in [7, 11) is 4.01. The van der Waals surface area contributed by atoms with E-state index in [1.165, 1.54) is 6.33 Å². The number of H-pyrrole nitrogens is 1. The fourth-order valence-electron chi connectivity index (χ4n) is 9.85. The lowest BCUT2D eigenvalue weighted by Crippen LogP contribution is -2.64. The van der Waals surface area contributed by atoms with E-state index in [2.05, 4.69) is 55.6 Å². The lowest BCUT2D eigenvalue weighted by atomic mass is 9.85. The number of carbonyl (C=O) groups is 4. The first-order valence-corrected chi connectivity index (χ1v) is 28.9. The van der Waals surface area contributed by atoms with Crippen LogP contribution in [0.5, 0.6) is 5.75 Å². The van der Waals surface area contributed by atoms with E-state index in [1.807, 2.05) is 84.4 Å². The lowest BCUT2D eigenvalue weighted by Gasteiger charge is -2.42. The molecular formula is C59H80ClN13O10. The molecule has 448 valence electrons. The van der Waals surface area contributed by atoms with Gasteiger partial charge in [-0.05, 0) is 96.1 Å². The molecule has 0 aliphatic carbocycles. The Hall–Kier alpha value is -6.99. The first kappa shape index (κ1) is 62.1. The SMILES string of the molecule is CN(C)CCOc1ccccc1Cn1cnc2ccc(C(=O)NCCOCCOCCOCCOCCC(=O)N3CCN(CC[C@H](NC(=O)C4(NC(=O)OC(C)(C)C)CCN(c5ncnc6[nH]ccc56)CC4)c4ccc(Cl)cc4)CC3)nc21. The molecule has 2 saturated heterocycles. The quantitative estimate of drug-likeness (QED) is 0.0408. The number of nitrogens with one attached hydrogen (secondary N) is 4. The molecule has 6 aromatic rings. The van der Waals surface area contributed by atoms with Crippen molar-refractivity contribution >= 4 is 63.4 Å². The van der Waals surface area contributed by atoms with Crippen molar-refractivity contribution in [2.24, 2.45) is 0 Å². The number of ether oxygens (including phenoxy) is 6. The number of anilines is 1. The molecular weight excluding hydrogens is 1090 g/mol. The number of fused-ring (bicyclic) bond motifs is 2. The Kier molecular flexibility index (Phi) is 22.8. The highest BCUT2D eigenvalue weighted by Gasteiger charge is 2.45. The van der Waals surface area contributed by atoms with Crippen molar-refractivity contribution in [3.8, 4) is 5.75 Å². The molecule has 6 heterocycles. The van der Waals surface area contributed by atoms with Crippen LogP contribution in [0.25, 0.3) is 22.2 Å². The number of carbonyl (C=O) groups excluding carboxylic acids is 4. The molecule has 0 radical (unpaired) electrons. The van der Waals surface area contributed by atoms with Gasteiger partial charge in [0.2, 0.25) is 11.8 Å². The second-order valence-electron chi connectivity index (χ2n) is 21.8. The van der Waals surface area contributed by atoms with Crippen LogP contribution in [0, 0.1) is 0 Å². The van der Waals surface area contributed by atoms with E-state index in [-0.39, 0.29) is 24.1 Å². The van der Waals surface area contributed by atoms with Gasteiger partial charge in [0.05, 0.1) is 83.6 Å². The summed E-state index contributed by atoms with van der Waals surface area (Å²) >= 11 is 6.31. The predicted molar refractivity (Wildman–Crippen MR) is 315 cm³/mol. The number of imidazole rings is 1. The Balaban J connectivity index is 0.673. The van der Waals surface area contributed by atoms with Crippen LogP contribution in [-0.2, 0) is 39.8 Å². The number of nitrogens with zero attached hydrogens (tertiary/aromatic N) is 9. The number of amides is 4. The molecule has 2 aliphatic rings. The van der Waals surface area contributed by atoms with Gasteiger partial charge in [-0.1, -0.05) is 41.9 Å². The van der Waals surface area contributed by atoms with Gasteiger partial charge in [0, 0.05) is 75.7 Å². The number of aromatic nitrogens is 6. The van der Waals surface area contributed by atoms with Crippen LogP contribution in [-0.4, -0.2) is 212 Å². The van der Waals surface area contributed by atoms with Gasteiger partial charge in [-0.15, -0.1) is 0 Å². The van der Waals surface area contributed by atoms with E-state index < -0.39 is 23.3 Å². The molecule has 8 rings (SSSR count). The molecule has 2 fully saturated rings. The van der Waals surface area contributed by atoms with Gasteiger partial charge in [0.15, 0.2) is 5.65 Å².